The van der Waals surface area contributed by atoms with Crippen molar-refractivity contribution in [1.82, 2.24) is 0 Å². The average molecular weight is 583 g/mol. The van der Waals surface area contributed by atoms with E-state index in [1.165, 1.54) is 0 Å². The Bertz CT molecular complexity index is 411. The Hall–Kier alpha value is 1.55. The van der Waals surface area contributed by atoms with E-state index in [-0.39, 0.29) is 5.73 Å². The highest BCUT2D eigenvalue weighted by Gasteiger charge is 2.50. The summed E-state index contributed by atoms with van der Waals surface area (Å²) in [6.45, 7) is 18.1. The van der Waals surface area contributed by atoms with E-state index in [0.29, 0.717) is 46.2 Å². The summed E-state index contributed by atoms with van der Waals surface area (Å²) in [5.74, 6) is 1.98. The molecule has 1 atom stereocenters. The first-order valence-electron chi connectivity index (χ1n) is 12.1. The van der Waals surface area contributed by atoms with Crippen LogP contribution >= 0.6 is 41.2 Å². The monoisotopic (exact) mass is 582 g/mol. The minimum atomic E-state index is -2.86. The van der Waals surface area contributed by atoms with Crippen molar-refractivity contribution in [2.24, 2.45) is 0 Å². The molecule has 0 aliphatic rings. The molecule has 0 aromatic carbocycles. The smallest absolute Gasteiger partial charge is 0.374 e. The van der Waals surface area contributed by atoms with Crippen molar-refractivity contribution < 1.29 is 31.3 Å². The molecule has 0 bridgehead atoms. The molecule has 1 unspecified atom stereocenters. The Morgan fingerprint density at radius 1 is 0.576 bits per heavy atom. The van der Waals surface area contributed by atoms with Gasteiger partial charge in [-0.2, -0.15) is 0 Å². The first kappa shape index (κ1) is 34.6. The molecule has 0 saturated heterocycles. The lowest BCUT2D eigenvalue weighted by Gasteiger charge is -2.34. The molecule has 0 heterocycles. The first-order valence-corrected chi connectivity index (χ1v) is 20.9. The molecule has 0 fully saturated rings. The molecule has 200 valence electrons. The summed E-state index contributed by atoms with van der Waals surface area (Å²) in [5, 5.41) is 0. The van der Waals surface area contributed by atoms with E-state index in [2.05, 4.69) is 0 Å². The summed E-state index contributed by atoms with van der Waals surface area (Å²) in [5.41, 5.74) is -0.137. The second-order valence-electron chi connectivity index (χ2n) is 6.50. The fraction of sp³-hybridized carbons (Fsp3) is 1.00. The molecule has 0 saturated carbocycles. The first-order chi connectivity index (χ1) is 16.0. The van der Waals surface area contributed by atoms with Gasteiger partial charge in [-0.3, -0.25) is 0 Å². The van der Waals surface area contributed by atoms with E-state index in [0.717, 1.165) is 30.4 Å². The number of ether oxygens (including phenoxy) is 1. The molecule has 7 nitrogen and oxygen atoms in total. The zero-order valence-electron chi connectivity index (χ0n) is 21.6. The fourth-order valence-electron chi connectivity index (χ4n) is 3.18. The summed E-state index contributed by atoms with van der Waals surface area (Å²) in [6, 6.07) is 0.864. The van der Waals surface area contributed by atoms with E-state index in [4.69, 9.17) is 31.3 Å². The second kappa shape index (κ2) is 22.7. The molecule has 0 aromatic rings. The van der Waals surface area contributed by atoms with Crippen molar-refractivity contribution >= 4 is 58.8 Å². The van der Waals surface area contributed by atoms with Crippen LogP contribution in [0.3, 0.4) is 0 Å². The lowest BCUT2D eigenvalue weighted by molar-refractivity contribution is -0.00728. The van der Waals surface area contributed by atoms with Crippen LogP contribution in [-0.2, 0) is 31.3 Å². The molecule has 0 aliphatic carbocycles. The van der Waals surface area contributed by atoms with Gasteiger partial charge in [0.05, 0.1) is 0 Å². The normalized spacial score (nSPS) is 13.5. The van der Waals surface area contributed by atoms with Crippen molar-refractivity contribution in [3.05, 3.63) is 0 Å². The largest absolute Gasteiger partial charge is 0.531 e. The van der Waals surface area contributed by atoms with E-state index < -0.39 is 17.6 Å². The van der Waals surface area contributed by atoms with Crippen LogP contribution in [0.4, 0.5) is 0 Å². The van der Waals surface area contributed by atoms with Gasteiger partial charge in [-0.05, 0) is 81.0 Å². The fourth-order valence-corrected chi connectivity index (χ4v) is 15.3. The van der Waals surface area contributed by atoms with Crippen molar-refractivity contribution in [2.75, 3.05) is 57.8 Å². The van der Waals surface area contributed by atoms with Crippen LogP contribution in [0.15, 0.2) is 0 Å². The molecule has 0 rings (SSSR count). The van der Waals surface area contributed by atoms with Crippen LogP contribution in [-0.4, -0.2) is 81.1 Å². The van der Waals surface area contributed by atoms with E-state index in [1.807, 2.05) is 79.9 Å². The summed E-state index contributed by atoms with van der Waals surface area (Å²) in [7, 11) is 1.94. The second-order valence-corrected chi connectivity index (χ2v) is 18.2. The third kappa shape index (κ3) is 14.8. The van der Waals surface area contributed by atoms with E-state index in [9.17, 15) is 0 Å². The van der Waals surface area contributed by atoms with Crippen molar-refractivity contribution in [1.29, 1.82) is 0 Å². The summed E-state index contributed by atoms with van der Waals surface area (Å²) < 4.78 is 41.9. The number of hydrogen-bond donors (Lipinski definition) is 0. The Balaban J connectivity index is 4.36. The van der Waals surface area contributed by atoms with Crippen LogP contribution in [0.25, 0.3) is 0 Å². The van der Waals surface area contributed by atoms with Gasteiger partial charge in [-0.15, -0.1) is 0 Å². The van der Waals surface area contributed by atoms with Crippen LogP contribution in [0, 0.1) is 0 Å². The molecule has 0 radical (unpaired) electrons. The van der Waals surface area contributed by atoms with Gasteiger partial charge in [0.15, 0.2) is 0 Å². The number of hydrogen-bond acceptors (Lipinski definition) is 11. The molecule has 0 N–H and O–H groups in total. The van der Waals surface area contributed by atoms with Crippen LogP contribution in [0.5, 0.6) is 0 Å². The molecule has 13 heteroatoms. The third-order valence-corrected chi connectivity index (χ3v) is 17.2. The Kier molecular flexibility index (Phi) is 23.8. The minimum absolute atomic E-state index is 0.137. The lowest BCUT2D eigenvalue weighted by Crippen LogP contribution is -2.57. The SMILES string of the molecule is CCOC(CCSSSSCCC[Si](OCC)(OCC)OCC)[Si](OCC)(OCC)OCC. The third-order valence-electron chi connectivity index (χ3n) is 4.19. The highest BCUT2D eigenvalue weighted by atomic mass is 33.7. The van der Waals surface area contributed by atoms with Crippen molar-refractivity contribution in [2.45, 2.75) is 73.1 Å². The minimum Gasteiger partial charge on any atom is -0.374 e. The van der Waals surface area contributed by atoms with Gasteiger partial charge in [0, 0.05) is 63.8 Å². The van der Waals surface area contributed by atoms with E-state index >= 15 is 0 Å². The topological polar surface area (TPSA) is 64.6 Å². The number of rotatable bonds is 25. The molecule has 0 aromatic heterocycles. The van der Waals surface area contributed by atoms with Crippen LogP contribution in [0.1, 0.15) is 61.3 Å². The molecule has 0 spiro atoms. The lowest BCUT2D eigenvalue weighted by atomic mass is 10.5. The van der Waals surface area contributed by atoms with Gasteiger partial charge in [0.25, 0.3) is 0 Å². The van der Waals surface area contributed by atoms with Crippen molar-refractivity contribution in [3.8, 4) is 0 Å². The maximum Gasteiger partial charge on any atom is 0.531 e. The summed E-state index contributed by atoms with van der Waals surface area (Å²) in [4.78, 5) is 0. The Morgan fingerprint density at radius 2 is 1.03 bits per heavy atom. The maximum atomic E-state index is 6.04. The van der Waals surface area contributed by atoms with Crippen molar-refractivity contribution in [3.63, 3.8) is 0 Å². The molecule has 33 heavy (non-hydrogen) atoms. The van der Waals surface area contributed by atoms with Gasteiger partial charge in [0.1, 0.15) is 5.73 Å². The standard InChI is InChI=1S/C20H46O7S4Si2/c1-8-21-20(33(25-12-5,26-13-6)27-14-7)16-18-29-31-30-28-17-15-19-32(22-9-2,23-10-3)24-11-4/h20H,8-19H2,1-7H3. The van der Waals surface area contributed by atoms with Gasteiger partial charge in [0.2, 0.25) is 0 Å². The van der Waals surface area contributed by atoms with Gasteiger partial charge < -0.3 is 31.3 Å². The molecular formula is C20H46O7S4Si2. The van der Waals surface area contributed by atoms with E-state index in [1.54, 1.807) is 9.83 Å². The summed E-state index contributed by atoms with van der Waals surface area (Å²) >= 11 is 0. The van der Waals surface area contributed by atoms with Gasteiger partial charge in [-0.1, -0.05) is 21.6 Å². The predicted molar refractivity (Wildman–Crippen MR) is 151 cm³/mol. The highest BCUT2D eigenvalue weighted by molar-refractivity contribution is 9.26. The summed E-state index contributed by atoms with van der Waals surface area (Å²) in [6.07, 6.45) is 1.86. The maximum absolute atomic E-state index is 6.04. The highest BCUT2D eigenvalue weighted by Crippen LogP contribution is 2.44. The molecule has 0 amide bonds. The predicted octanol–water partition coefficient (Wildman–Crippen LogP) is 6.49. The Morgan fingerprint density at radius 3 is 1.45 bits per heavy atom. The average Bonchev–Trinajstić information content (AvgIpc) is 2.78. The Labute approximate surface area is 220 Å². The van der Waals surface area contributed by atoms with Gasteiger partial charge in [-0.25, -0.2) is 0 Å². The van der Waals surface area contributed by atoms with Crippen LogP contribution in [0.2, 0.25) is 6.04 Å². The molecular weight excluding hydrogens is 537 g/mol. The molecule has 0 aliphatic heterocycles. The zero-order valence-corrected chi connectivity index (χ0v) is 26.8. The zero-order chi connectivity index (χ0) is 24.8. The van der Waals surface area contributed by atoms with Gasteiger partial charge >= 0.3 is 17.6 Å². The quantitative estimate of drug-likeness (QED) is 0.0674. The van der Waals surface area contributed by atoms with Crippen LogP contribution < -0.4 is 0 Å².